The molecule has 0 spiro atoms. The Balaban J connectivity index is 2.88. The summed E-state index contributed by atoms with van der Waals surface area (Å²) in [6.07, 6.45) is 7.77. The topological polar surface area (TPSA) is 21.3 Å². The number of likely N-dealkylation sites (N-methyl/N-ethyl adjacent to an activating group) is 1. The van der Waals surface area contributed by atoms with Gasteiger partial charge >= 0.3 is 0 Å². The smallest absolute Gasteiger partial charge is 0.0832 e. The molecule has 0 aromatic rings. The van der Waals surface area contributed by atoms with Gasteiger partial charge in [-0.1, -0.05) is 40.5 Å². The Morgan fingerprint density at radius 3 is 2.32 bits per heavy atom. The largest absolute Gasteiger partial charge is 0.374 e. The van der Waals surface area contributed by atoms with Crippen LogP contribution in [0.25, 0.3) is 0 Å². The maximum atomic E-state index is 6.27. The molecule has 0 saturated heterocycles. The number of nitrogens with one attached hydrogen (secondary N) is 1. The van der Waals surface area contributed by atoms with E-state index in [0.29, 0.717) is 6.04 Å². The van der Waals surface area contributed by atoms with E-state index in [4.69, 9.17) is 4.74 Å². The molecule has 0 heterocycles. The fraction of sp³-hybridized carbons (Fsp3) is 1.00. The van der Waals surface area contributed by atoms with Crippen molar-refractivity contribution in [2.24, 2.45) is 11.8 Å². The zero-order valence-corrected chi connectivity index (χ0v) is 13.8. The van der Waals surface area contributed by atoms with Gasteiger partial charge in [0.2, 0.25) is 0 Å². The zero-order valence-electron chi connectivity index (χ0n) is 13.8. The maximum absolute atomic E-state index is 6.27. The summed E-state index contributed by atoms with van der Waals surface area (Å²) < 4.78 is 6.27. The molecule has 0 aromatic heterocycles. The number of hydrogen-bond acceptors (Lipinski definition) is 2. The minimum atomic E-state index is 0.0342. The number of hydrogen-bond donors (Lipinski definition) is 1. The molecule has 0 amide bonds. The van der Waals surface area contributed by atoms with Gasteiger partial charge in [-0.3, -0.25) is 0 Å². The summed E-state index contributed by atoms with van der Waals surface area (Å²) in [6, 6.07) is 0.523. The SMILES string of the molecule is CCNC(C1CCCC(C)C1)C(CC)(CC)OCC. The van der Waals surface area contributed by atoms with Crippen LogP contribution in [0.3, 0.4) is 0 Å². The van der Waals surface area contributed by atoms with E-state index in [0.717, 1.165) is 37.8 Å². The highest BCUT2D eigenvalue weighted by Gasteiger charge is 2.41. The van der Waals surface area contributed by atoms with Crippen LogP contribution in [0.15, 0.2) is 0 Å². The normalized spacial score (nSPS) is 26.4. The van der Waals surface area contributed by atoms with Crippen molar-refractivity contribution in [3.8, 4) is 0 Å². The monoisotopic (exact) mass is 269 g/mol. The van der Waals surface area contributed by atoms with Gasteiger partial charge in [0.05, 0.1) is 5.60 Å². The lowest BCUT2D eigenvalue weighted by Crippen LogP contribution is -2.56. The second-order valence-electron chi connectivity index (χ2n) is 6.27. The van der Waals surface area contributed by atoms with Crippen molar-refractivity contribution in [1.82, 2.24) is 5.32 Å². The quantitative estimate of drug-likeness (QED) is 0.706. The Kier molecular flexibility index (Phi) is 7.38. The van der Waals surface area contributed by atoms with E-state index in [-0.39, 0.29) is 5.60 Å². The second kappa shape index (κ2) is 8.26. The molecule has 1 aliphatic carbocycles. The average molecular weight is 269 g/mol. The molecule has 0 bridgehead atoms. The van der Waals surface area contributed by atoms with Crippen molar-refractivity contribution in [1.29, 1.82) is 0 Å². The summed E-state index contributed by atoms with van der Waals surface area (Å²) in [7, 11) is 0. The van der Waals surface area contributed by atoms with Gasteiger partial charge in [0.15, 0.2) is 0 Å². The third kappa shape index (κ3) is 4.19. The van der Waals surface area contributed by atoms with Gasteiger partial charge in [0, 0.05) is 12.6 Å². The molecule has 19 heavy (non-hydrogen) atoms. The Morgan fingerprint density at radius 2 is 1.84 bits per heavy atom. The van der Waals surface area contributed by atoms with Crippen LogP contribution in [0.1, 0.15) is 73.1 Å². The van der Waals surface area contributed by atoms with Crippen molar-refractivity contribution in [3.05, 3.63) is 0 Å². The van der Waals surface area contributed by atoms with Crippen LogP contribution < -0.4 is 5.32 Å². The summed E-state index contributed by atoms with van der Waals surface area (Å²) in [5.74, 6) is 1.67. The zero-order chi connectivity index (χ0) is 14.3. The van der Waals surface area contributed by atoms with Crippen LogP contribution in [0, 0.1) is 11.8 Å². The predicted octanol–water partition coefficient (Wildman–Crippen LogP) is 4.39. The van der Waals surface area contributed by atoms with E-state index < -0.39 is 0 Å². The Hall–Kier alpha value is -0.0800. The highest BCUT2D eigenvalue weighted by Crippen LogP contribution is 2.38. The molecule has 1 N–H and O–H groups in total. The van der Waals surface area contributed by atoms with E-state index >= 15 is 0 Å². The van der Waals surface area contributed by atoms with E-state index in [1.54, 1.807) is 0 Å². The Bertz CT molecular complexity index is 237. The second-order valence-corrected chi connectivity index (χ2v) is 6.27. The van der Waals surface area contributed by atoms with Crippen LogP contribution in [-0.2, 0) is 4.74 Å². The molecule has 3 unspecified atom stereocenters. The first-order valence-electron chi connectivity index (χ1n) is 8.50. The highest BCUT2D eigenvalue weighted by atomic mass is 16.5. The van der Waals surface area contributed by atoms with Crippen LogP contribution in [0.2, 0.25) is 0 Å². The molecule has 1 aliphatic rings. The van der Waals surface area contributed by atoms with Gasteiger partial charge in [-0.25, -0.2) is 0 Å². The molecule has 114 valence electrons. The molecule has 0 radical (unpaired) electrons. The Labute approximate surface area is 120 Å². The summed E-state index contributed by atoms with van der Waals surface area (Å²) in [5, 5.41) is 3.78. The van der Waals surface area contributed by atoms with Crippen LogP contribution in [0.4, 0.5) is 0 Å². The third-order valence-corrected chi connectivity index (χ3v) is 5.07. The lowest BCUT2D eigenvalue weighted by molar-refractivity contribution is -0.0901. The first-order valence-corrected chi connectivity index (χ1v) is 8.50. The van der Waals surface area contributed by atoms with Crippen LogP contribution in [-0.4, -0.2) is 24.8 Å². The summed E-state index contributed by atoms with van der Waals surface area (Å²) in [6.45, 7) is 13.2. The molecule has 2 heteroatoms. The fourth-order valence-corrected chi connectivity index (χ4v) is 4.06. The maximum Gasteiger partial charge on any atom is 0.0832 e. The van der Waals surface area contributed by atoms with Crippen molar-refractivity contribution in [3.63, 3.8) is 0 Å². The molecular formula is C17H35NO. The lowest BCUT2D eigenvalue weighted by atomic mass is 9.71. The van der Waals surface area contributed by atoms with E-state index in [1.165, 1.54) is 25.7 Å². The van der Waals surface area contributed by atoms with E-state index in [1.807, 2.05) is 0 Å². The van der Waals surface area contributed by atoms with Crippen LogP contribution >= 0.6 is 0 Å². The van der Waals surface area contributed by atoms with Gasteiger partial charge < -0.3 is 10.1 Å². The van der Waals surface area contributed by atoms with E-state index in [9.17, 15) is 0 Å². The Morgan fingerprint density at radius 1 is 1.16 bits per heavy atom. The average Bonchev–Trinajstić information content (AvgIpc) is 2.43. The molecule has 3 atom stereocenters. The minimum absolute atomic E-state index is 0.0342. The summed E-state index contributed by atoms with van der Waals surface area (Å²) in [5.41, 5.74) is 0.0342. The number of rotatable bonds is 8. The summed E-state index contributed by atoms with van der Waals surface area (Å²) >= 11 is 0. The van der Waals surface area contributed by atoms with Gasteiger partial charge in [0.1, 0.15) is 0 Å². The first-order chi connectivity index (χ1) is 9.13. The molecule has 2 nitrogen and oxygen atoms in total. The van der Waals surface area contributed by atoms with Crippen molar-refractivity contribution < 1.29 is 4.74 Å². The molecular weight excluding hydrogens is 234 g/mol. The minimum Gasteiger partial charge on any atom is -0.374 e. The van der Waals surface area contributed by atoms with Gasteiger partial charge in [-0.05, 0) is 51.0 Å². The molecule has 1 saturated carbocycles. The highest BCUT2D eigenvalue weighted by molar-refractivity contribution is 4.97. The molecule has 0 aromatic carbocycles. The number of ether oxygens (including phenoxy) is 1. The summed E-state index contributed by atoms with van der Waals surface area (Å²) in [4.78, 5) is 0. The van der Waals surface area contributed by atoms with E-state index in [2.05, 4.69) is 39.9 Å². The third-order valence-electron chi connectivity index (χ3n) is 5.07. The van der Waals surface area contributed by atoms with Crippen LogP contribution in [0.5, 0.6) is 0 Å². The molecule has 0 aliphatic heterocycles. The van der Waals surface area contributed by atoms with Crippen molar-refractivity contribution in [2.75, 3.05) is 13.2 Å². The van der Waals surface area contributed by atoms with Gasteiger partial charge in [-0.2, -0.15) is 0 Å². The molecule has 1 fully saturated rings. The standard InChI is InChI=1S/C17H35NO/c1-6-17(7-2,19-9-4)16(18-8-3)15-12-10-11-14(5)13-15/h14-16,18H,6-13H2,1-5H3. The van der Waals surface area contributed by atoms with Gasteiger partial charge in [-0.15, -0.1) is 0 Å². The van der Waals surface area contributed by atoms with Crippen molar-refractivity contribution >= 4 is 0 Å². The first kappa shape index (κ1) is 17.0. The molecule has 1 rings (SSSR count). The fourth-order valence-electron chi connectivity index (χ4n) is 4.06. The predicted molar refractivity (Wildman–Crippen MR) is 83.5 cm³/mol. The van der Waals surface area contributed by atoms with Crippen molar-refractivity contribution in [2.45, 2.75) is 84.8 Å². The van der Waals surface area contributed by atoms with Gasteiger partial charge in [0.25, 0.3) is 0 Å². The lowest BCUT2D eigenvalue weighted by Gasteiger charge is -2.46.